The summed E-state index contributed by atoms with van der Waals surface area (Å²) in [4.78, 5) is 13.0. The van der Waals surface area contributed by atoms with E-state index >= 15 is 0 Å². The topological polar surface area (TPSA) is 84.9 Å². The summed E-state index contributed by atoms with van der Waals surface area (Å²) in [6.45, 7) is 3.42. The zero-order chi connectivity index (χ0) is 23.3. The van der Waals surface area contributed by atoms with Crippen LogP contribution in [0.4, 0.5) is 11.4 Å². The molecule has 0 radical (unpaired) electrons. The van der Waals surface area contributed by atoms with Crippen LogP contribution in [0.2, 0.25) is 0 Å². The van der Waals surface area contributed by atoms with Crippen molar-refractivity contribution in [3.05, 3.63) is 78.4 Å². The van der Waals surface area contributed by atoms with Crippen LogP contribution in [-0.4, -0.2) is 33.7 Å². The predicted octanol–water partition coefficient (Wildman–Crippen LogP) is 4.59. The molecule has 0 heterocycles. The number of sulfonamides is 1. The molecule has 32 heavy (non-hydrogen) atoms. The Morgan fingerprint density at radius 3 is 2.19 bits per heavy atom. The average Bonchev–Trinajstić information content (AvgIpc) is 2.75. The summed E-state index contributed by atoms with van der Waals surface area (Å²) >= 11 is 0. The summed E-state index contributed by atoms with van der Waals surface area (Å²) in [7, 11) is -2.24. The number of rotatable bonds is 8. The number of benzene rings is 3. The Bertz CT molecular complexity index is 1180. The maximum Gasteiger partial charge on any atom is 0.248 e. The van der Waals surface area contributed by atoms with Crippen LogP contribution < -0.4 is 19.1 Å². The molecule has 3 aromatic carbocycles. The number of carbonyl (C=O) groups is 1. The van der Waals surface area contributed by atoms with Crippen molar-refractivity contribution in [1.82, 2.24) is 0 Å². The second-order valence-electron chi connectivity index (χ2n) is 7.34. The van der Waals surface area contributed by atoms with Crippen LogP contribution in [0.3, 0.4) is 0 Å². The van der Waals surface area contributed by atoms with Gasteiger partial charge in [0, 0.05) is 0 Å². The smallest absolute Gasteiger partial charge is 0.248 e. The van der Waals surface area contributed by atoms with Crippen LogP contribution in [0.1, 0.15) is 12.5 Å². The molecule has 0 saturated heterocycles. The van der Waals surface area contributed by atoms with E-state index in [1.807, 2.05) is 43.3 Å². The number of aryl methyl sites for hydroxylation is 1. The van der Waals surface area contributed by atoms with Crippen LogP contribution in [0.25, 0.3) is 0 Å². The minimum atomic E-state index is -3.75. The number of anilines is 2. The molecule has 0 aliphatic rings. The van der Waals surface area contributed by atoms with Gasteiger partial charge in [-0.1, -0.05) is 24.3 Å². The number of para-hydroxylation sites is 1. The monoisotopic (exact) mass is 454 g/mol. The molecule has 1 N–H and O–H groups in total. The Hall–Kier alpha value is -3.52. The average molecular weight is 455 g/mol. The molecule has 1 unspecified atom stereocenters. The molecule has 3 rings (SSSR count). The first-order chi connectivity index (χ1) is 15.2. The number of nitrogens with one attached hydrogen (secondary N) is 1. The fourth-order valence-corrected chi connectivity index (χ4v) is 4.43. The fraction of sp³-hybridized carbons (Fsp3) is 0.208. The van der Waals surface area contributed by atoms with Gasteiger partial charge in [-0.3, -0.25) is 9.10 Å². The van der Waals surface area contributed by atoms with E-state index in [2.05, 4.69) is 5.32 Å². The van der Waals surface area contributed by atoms with E-state index < -0.39 is 22.0 Å². The van der Waals surface area contributed by atoms with Crippen molar-refractivity contribution in [2.24, 2.45) is 0 Å². The second kappa shape index (κ2) is 9.74. The minimum absolute atomic E-state index is 0.353. The highest BCUT2D eigenvalue weighted by Crippen LogP contribution is 2.29. The Kier molecular flexibility index (Phi) is 7.05. The molecule has 8 heteroatoms. The summed E-state index contributed by atoms with van der Waals surface area (Å²) in [5.41, 5.74) is 1.76. The zero-order valence-electron chi connectivity index (χ0n) is 18.4. The third-order valence-electron chi connectivity index (χ3n) is 4.77. The molecular formula is C24H26N2O5S. The van der Waals surface area contributed by atoms with Crippen molar-refractivity contribution in [2.45, 2.75) is 19.9 Å². The van der Waals surface area contributed by atoms with Gasteiger partial charge in [-0.05, 0) is 67.9 Å². The Morgan fingerprint density at radius 2 is 1.59 bits per heavy atom. The minimum Gasteiger partial charge on any atom is -0.495 e. The number of hydrogen-bond acceptors (Lipinski definition) is 5. The van der Waals surface area contributed by atoms with E-state index in [1.165, 1.54) is 14.0 Å². The van der Waals surface area contributed by atoms with Crippen molar-refractivity contribution in [3.63, 3.8) is 0 Å². The van der Waals surface area contributed by atoms with Gasteiger partial charge in [-0.15, -0.1) is 0 Å². The number of amides is 1. The van der Waals surface area contributed by atoms with Crippen LogP contribution in [0, 0.1) is 6.92 Å². The summed E-state index contributed by atoms with van der Waals surface area (Å²) in [5, 5.41) is 2.77. The third kappa shape index (κ3) is 5.59. The summed E-state index contributed by atoms with van der Waals surface area (Å²) < 4.78 is 37.3. The standard InChI is InChI=1S/C24H26N2O5S/c1-17-10-15-23(30-3)22(16-17)25-24(27)18(2)26(32(4,28)29)19-11-13-21(14-12-19)31-20-8-6-5-7-9-20/h5-16,18H,1-4H3,(H,25,27). The summed E-state index contributed by atoms with van der Waals surface area (Å²) in [6, 6.07) is 20.2. The molecule has 0 spiro atoms. The molecule has 0 fully saturated rings. The van der Waals surface area contributed by atoms with E-state index in [0.717, 1.165) is 16.1 Å². The summed E-state index contributed by atoms with van der Waals surface area (Å²) in [6.07, 6.45) is 1.07. The zero-order valence-corrected chi connectivity index (χ0v) is 19.2. The van der Waals surface area contributed by atoms with Crippen LogP contribution in [-0.2, 0) is 14.8 Å². The molecule has 0 aromatic heterocycles. The molecule has 1 atom stereocenters. The van der Waals surface area contributed by atoms with Crippen molar-refractivity contribution in [1.29, 1.82) is 0 Å². The van der Waals surface area contributed by atoms with Gasteiger partial charge in [-0.25, -0.2) is 8.42 Å². The fourth-order valence-electron chi connectivity index (χ4n) is 3.25. The van der Waals surface area contributed by atoms with E-state index in [1.54, 1.807) is 36.4 Å². The largest absolute Gasteiger partial charge is 0.495 e. The number of methoxy groups -OCH3 is 1. The van der Waals surface area contributed by atoms with Gasteiger partial charge >= 0.3 is 0 Å². The normalized spacial score (nSPS) is 12.0. The second-order valence-corrected chi connectivity index (χ2v) is 9.20. The van der Waals surface area contributed by atoms with Gasteiger partial charge in [0.2, 0.25) is 15.9 Å². The number of nitrogens with zero attached hydrogens (tertiary/aromatic N) is 1. The van der Waals surface area contributed by atoms with Crippen LogP contribution in [0.15, 0.2) is 72.8 Å². The van der Waals surface area contributed by atoms with Crippen LogP contribution in [0.5, 0.6) is 17.2 Å². The van der Waals surface area contributed by atoms with E-state index in [-0.39, 0.29) is 0 Å². The molecule has 0 saturated carbocycles. The van der Waals surface area contributed by atoms with Gasteiger partial charge in [-0.2, -0.15) is 0 Å². The lowest BCUT2D eigenvalue weighted by Gasteiger charge is -2.28. The van der Waals surface area contributed by atoms with E-state index in [9.17, 15) is 13.2 Å². The van der Waals surface area contributed by atoms with E-state index in [0.29, 0.717) is 28.6 Å². The number of ether oxygens (including phenoxy) is 2. The highest BCUT2D eigenvalue weighted by atomic mass is 32.2. The highest BCUT2D eigenvalue weighted by Gasteiger charge is 2.29. The predicted molar refractivity (Wildman–Crippen MR) is 126 cm³/mol. The lowest BCUT2D eigenvalue weighted by atomic mass is 10.2. The van der Waals surface area contributed by atoms with Gasteiger partial charge in [0.15, 0.2) is 0 Å². The Labute approximate surface area is 188 Å². The van der Waals surface area contributed by atoms with Gasteiger partial charge < -0.3 is 14.8 Å². The maximum absolute atomic E-state index is 13.0. The van der Waals surface area contributed by atoms with Crippen molar-refractivity contribution in [3.8, 4) is 17.2 Å². The maximum atomic E-state index is 13.0. The van der Waals surface area contributed by atoms with Crippen molar-refractivity contribution < 1.29 is 22.7 Å². The number of carbonyl (C=O) groups excluding carboxylic acids is 1. The lowest BCUT2D eigenvalue weighted by molar-refractivity contribution is -0.116. The van der Waals surface area contributed by atoms with Gasteiger partial charge in [0.25, 0.3) is 0 Å². The molecule has 168 valence electrons. The third-order valence-corrected chi connectivity index (χ3v) is 6.01. The molecule has 7 nitrogen and oxygen atoms in total. The van der Waals surface area contributed by atoms with Gasteiger partial charge in [0.05, 0.1) is 24.7 Å². The lowest BCUT2D eigenvalue weighted by Crippen LogP contribution is -2.45. The molecule has 1 amide bonds. The molecule has 0 bridgehead atoms. The molecule has 0 aliphatic carbocycles. The Morgan fingerprint density at radius 1 is 0.969 bits per heavy atom. The highest BCUT2D eigenvalue weighted by molar-refractivity contribution is 7.92. The first kappa shape index (κ1) is 23.1. The SMILES string of the molecule is COc1ccc(C)cc1NC(=O)C(C)N(c1ccc(Oc2ccccc2)cc1)S(C)(=O)=O. The summed E-state index contributed by atoms with van der Waals surface area (Å²) in [5.74, 6) is 1.23. The molecule has 3 aromatic rings. The first-order valence-electron chi connectivity index (χ1n) is 9.97. The Balaban J connectivity index is 1.83. The van der Waals surface area contributed by atoms with Crippen LogP contribution >= 0.6 is 0 Å². The van der Waals surface area contributed by atoms with Gasteiger partial charge in [0.1, 0.15) is 23.3 Å². The van der Waals surface area contributed by atoms with Crippen molar-refractivity contribution in [2.75, 3.05) is 23.0 Å². The quantitative estimate of drug-likeness (QED) is 0.538. The first-order valence-corrected chi connectivity index (χ1v) is 11.8. The molecular weight excluding hydrogens is 428 g/mol. The molecule has 0 aliphatic heterocycles. The van der Waals surface area contributed by atoms with Crippen molar-refractivity contribution >= 4 is 27.3 Å². The van der Waals surface area contributed by atoms with E-state index in [4.69, 9.17) is 9.47 Å². The number of hydrogen-bond donors (Lipinski definition) is 1.